The van der Waals surface area contributed by atoms with Crippen LogP contribution >= 0.6 is 11.6 Å². The number of benzene rings is 1. The molecule has 0 aromatic heterocycles. The van der Waals surface area contributed by atoms with Crippen molar-refractivity contribution in [2.24, 2.45) is 23.2 Å². The SMILES string of the molecule is COc1ccc(Cl)cc1NC(=O)CC12CC3CC(CC(C3)C1)C2. The summed E-state index contributed by atoms with van der Waals surface area (Å²) in [6.07, 6.45) is 8.61. The van der Waals surface area contributed by atoms with Gasteiger partial charge >= 0.3 is 0 Å². The normalized spacial score (nSPS) is 34.4. The van der Waals surface area contributed by atoms with E-state index in [4.69, 9.17) is 16.3 Å². The maximum Gasteiger partial charge on any atom is 0.225 e. The van der Waals surface area contributed by atoms with Gasteiger partial charge < -0.3 is 10.1 Å². The van der Waals surface area contributed by atoms with E-state index in [2.05, 4.69) is 5.32 Å². The third-order valence-corrected chi connectivity index (χ3v) is 6.37. The van der Waals surface area contributed by atoms with E-state index in [0.29, 0.717) is 22.9 Å². The molecule has 4 bridgehead atoms. The number of carbonyl (C=O) groups is 1. The highest BCUT2D eigenvalue weighted by molar-refractivity contribution is 6.31. The summed E-state index contributed by atoms with van der Waals surface area (Å²) >= 11 is 6.05. The van der Waals surface area contributed by atoms with Crippen LogP contribution in [0.1, 0.15) is 44.9 Å². The number of hydrogen-bond acceptors (Lipinski definition) is 2. The Kier molecular flexibility index (Phi) is 3.79. The van der Waals surface area contributed by atoms with Gasteiger partial charge in [-0.2, -0.15) is 0 Å². The van der Waals surface area contributed by atoms with Gasteiger partial charge in [0, 0.05) is 11.4 Å². The van der Waals surface area contributed by atoms with E-state index in [0.717, 1.165) is 17.8 Å². The van der Waals surface area contributed by atoms with Crippen molar-refractivity contribution in [3.63, 3.8) is 0 Å². The van der Waals surface area contributed by atoms with Crippen LogP contribution < -0.4 is 10.1 Å². The summed E-state index contributed by atoms with van der Waals surface area (Å²) < 4.78 is 5.32. The summed E-state index contributed by atoms with van der Waals surface area (Å²) in [6.45, 7) is 0. The van der Waals surface area contributed by atoms with Crippen LogP contribution in [0.4, 0.5) is 5.69 Å². The largest absolute Gasteiger partial charge is 0.495 e. The summed E-state index contributed by atoms with van der Waals surface area (Å²) in [4.78, 5) is 12.7. The first kappa shape index (κ1) is 15.3. The van der Waals surface area contributed by atoms with E-state index in [-0.39, 0.29) is 11.3 Å². The predicted octanol–water partition coefficient (Wildman–Crippen LogP) is 4.89. The van der Waals surface area contributed by atoms with Crippen molar-refractivity contribution >= 4 is 23.2 Å². The highest BCUT2D eigenvalue weighted by Gasteiger charge is 2.51. The van der Waals surface area contributed by atoms with E-state index >= 15 is 0 Å². The van der Waals surface area contributed by atoms with Gasteiger partial charge in [0.25, 0.3) is 0 Å². The fourth-order valence-electron chi connectivity index (χ4n) is 5.82. The Balaban J connectivity index is 1.47. The summed E-state index contributed by atoms with van der Waals surface area (Å²) in [5.41, 5.74) is 0.930. The molecule has 4 fully saturated rings. The molecule has 1 amide bonds. The average molecular weight is 334 g/mol. The van der Waals surface area contributed by atoms with E-state index < -0.39 is 0 Å². The van der Waals surface area contributed by atoms with Gasteiger partial charge in [-0.05, 0) is 79.9 Å². The zero-order valence-corrected chi connectivity index (χ0v) is 14.4. The van der Waals surface area contributed by atoms with Gasteiger partial charge in [-0.15, -0.1) is 0 Å². The summed E-state index contributed by atoms with van der Waals surface area (Å²) in [7, 11) is 1.61. The monoisotopic (exact) mass is 333 g/mol. The summed E-state index contributed by atoms with van der Waals surface area (Å²) in [5, 5.41) is 3.64. The zero-order valence-electron chi connectivity index (χ0n) is 13.6. The van der Waals surface area contributed by atoms with Crippen molar-refractivity contribution in [3.05, 3.63) is 23.2 Å². The number of nitrogens with one attached hydrogen (secondary N) is 1. The molecule has 5 rings (SSSR count). The van der Waals surface area contributed by atoms with E-state index in [9.17, 15) is 4.79 Å². The molecule has 0 aliphatic heterocycles. The van der Waals surface area contributed by atoms with Crippen LogP contribution in [-0.4, -0.2) is 13.0 Å². The van der Waals surface area contributed by atoms with Crippen LogP contribution in [0.3, 0.4) is 0 Å². The molecule has 0 heterocycles. The first-order valence-corrected chi connectivity index (χ1v) is 9.06. The molecule has 1 N–H and O–H groups in total. The Morgan fingerprint density at radius 3 is 2.39 bits per heavy atom. The molecule has 4 heteroatoms. The Labute approximate surface area is 142 Å². The minimum atomic E-state index is 0.104. The molecule has 0 radical (unpaired) electrons. The van der Waals surface area contributed by atoms with E-state index in [1.165, 1.54) is 38.5 Å². The molecule has 0 unspecified atom stereocenters. The maximum atomic E-state index is 12.7. The topological polar surface area (TPSA) is 38.3 Å². The lowest BCUT2D eigenvalue weighted by Crippen LogP contribution is -2.47. The second-order valence-corrected chi connectivity index (χ2v) is 8.42. The van der Waals surface area contributed by atoms with Crippen LogP contribution in [0.5, 0.6) is 5.75 Å². The van der Waals surface area contributed by atoms with Crippen molar-refractivity contribution in [1.29, 1.82) is 0 Å². The molecule has 1 aromatic carbocycles. The Bertz CT molecular complexity index is 593. The molecule has 1 aromatic rings. The number of halogens is 1. The van der Waals surface area contributed by atoms with Gasteiger partial charge in [0.05, 0.1) is 12.8 Å². The number of anilines is 1. The van der Waals surface area contributed by atoms with Gasteiger partial charge in [0.15, 0.2) is 0 Å². The molecule has 0 saturated heterocycles. The fraction of sp³-hybridized carbons (Fsp3) is 0.632. The molecule has 0 spiro atoms. The zero-order chi connectivity index (χ0) is 16.0. The minimum absolute atomic E-state index is 0.104. The number of ether oxygens (including phenoxy) is 1. The van der Waals surface area contributed by atoms with E-state index in [1.807, 2.05) is 0 Å². The quantitative estimate of drug-likeness (QED) is 0.851. The third kappa shape index (κ3) is 2.96. The second kappa shape index (κ2) is 5.70. The van der Waals surface area contributed by atoms with Gasteiger partial charge in [-0.25, -0.2) is 0 Å². The average Bonchev–Trinajstić information content (AvgIpc) is 2.45. The Morgan fingerprint density at radius 2 is 1.83 bits per heavy atom. The van der Waals surface area contributed by atoms with Crippen molar-refractivity contribution < 1.29 is 9.53 Å². The first-order valence-electron chi connectivity index (χ1n) is 8.69. The van der Waals surface area contributed by atoms with Crippen LogP contribution in [0.15, 0.2) is 18.2 Å². The van der Waals surface area contributed by atoms with E-state index in [1.54, 1.807) is 25.3 Å². The molecular formula is C19H24ClNO2. The molecule has 4 saturated carbocycles. The lowest BCUT2D eigenvalue weighted by atomic mass is 9.49. The van der Waals surface area contributed by atoms with Gasteiger partial charge in [0.1, 0.15) is 5.75 Å². The van der Waals surface area contributed by atoms with Gasteiger partial charge in [0.2, 0.25) is 5.91 Å². The lowest BCUT2D eigenvalue weighted by Gasteiger charge is -2.56. The number of hydrogen-bond donors (Lipinski definition) is 1. The van der Waals surface area contributed by atoms with Crippen molar-refractivity contribution in [2.75, 3.05) is 12.4 Å². The highest BCUT2D eigenvalue weighted by Crippen LogP contribution is 2.61. The van der Waals surface area contributed by atoms with Crippen molar-refractivity contribution in [2.45, 2.75) is 44.9 Å². The molecule has 23 heavy (non-hydrogen) atoms. The van der Waals surface area contributed by atoms with Crippen LogP contribution in [0.2, 0.25) is 5.02 Å². The molecule has 4 aliphatic carbocycles. The van der Waals surface area contributed by atoms with Crippen LogP contribution in [0, 0.1) is 23.2 Å². The van der Waals surface area contributed by atoms with Gasteiger partial charge in [-0.3, -0.25) is 4.79 Å². The molecule has 4 aliphatic rings. The number of methoxy groups -OCH3 is 1. The third-order valence-electron chi connectivity index (χ3n) is 6.14. The Morgan fingerprint density at radius 1 is 1.22 bits per heavy atom. The number of amides is 1. The smallest absolute Gasteiger partial charge is 0.225 e. The lowest BCUT2D eigenvalue weighted by molar-refractivity contribution is -0.124. The minimum Gasteiger partial charge on any atom is -0.495 e. The first-order chi connectivity index (χ1) is 11.0. The summed E-state index contributed by atoms with van der Waals surface area (Å²) in [6, 6.07) is 5.33. The second-order valence-electron chi connectivity index (χ2n) is 7.99. The fourth-order valence-corrected chi connectivity index (χ4v) is 5.99. The molecule has 124 valence electrons. The Hall–Kier alpha value is -1.22. The molecule has 3 nitrogen and oxygen atoms in total. The maximum absolute atomic E-state index is 12.7. The van der Waals surface area contributed by atoms with Crippen molar-refractivity contribution in [3.8, 4) is 5.75 Å². The van der Waals surface area contributed by atoms with Crippen LogP contribution in [-0.2, 0) is 4.79 Å². The van der Waals surface area contributed by atoms with Crippen LogP contribution in [0.25, 0.3) is 0 Å². The molecule has 0 atom stereocenters. The number of rotatable bonds is 4. The highest BCUT2D eigenvalue weighted by atomic mass is 35.5. The number of carbonyl (C=O) groups excluding carboxylic acids is 1. The van der Waals surface area contributed by atoms with Crippen molar-refractivity contribution in [1.82, 2.24) is 0 Å². The predicted molar refractivity (Wildman–Crippen MR) is 91.9 cm³/mol. The molecular weight excluding hydrogens is 310 g/mol. The van der Waals surface area contributed by atoms with Gasteiger partial charge in [-0.1, -0.05) is 11.6 Å². The summed E-state index contributed by atoms with van der Waals surface area (Å²) in [5.74, 6) is 3.38. The standard InChI is InChI=1S/C19H24ClNO2/c1-23-17-3-2-15(20)7-16(17)21-18(22)11-19-8-12-4-13(9-19)6-14(5-12)10-19/h2-3,7,12-14H,4-6,8-11H2,1H3,(H,21,22).